The maximum absolute atomic E-state index is 12.1. The van der Waals surface area contributed by atoms with Gasteiger partial charge in [0.2, 0.25) is 0 Å². The predicted octanol–water partition coefficient (Wildman–Crippen LogP) is 4.07. The Balaban J connectivity index is 2.17. The van der Waals surface area contributed by atoms with E-state index < -0.39 is 0 Å². The Morgan fingerprint density at radius 2 is 2.05 bits per heavy atom. The minimum Gasteiger partial charge on any atom is -0.385 e. The molecule has 4 nitrogen and oxygen atoms in total. The highest BCUT2D eigenvalue weighted by Gasteiger charge is 2.10. The van der Waals surface area contributed by atoms with Gasteiger partial charge in [0.1, 0.15) is 5.69 Å². The maximum atomic E-state index is 12.1. The number of amides is 1. The van der Waals surface area contributed by atoms with Crippen LogP contribution in [0.4, 0.5) is 11.4 Å². The molecule has 0 radical (unpaired) electrons. The van der Waals surface area contributed by atoms with E-state index in [9.17, 15) is 4.79 Å². The van der Waals surface area contributed by atoms with Gasteiger partial charge in [-0.2, -0.15) is 0 Å². The molecule has 0 bridgehead atoms. The van der Waals surface area contributed by atoms with Crippen LogP contribution < -0.4 is 10.6 Å². The van der Waals surface area contributed by atoms with Crippen LogP contribution in [0.1, 0.15) is 17.4 Å². The van der Waals surface area contributed by atoms with E-state index in [1.807, 2.05) is 6.92 Å². The number of anilines is 2. The van der Waals surface area contributed by atoms with E-state index in [1.165, 1.54) is 0 Å². The van der Waals surface area contributed by atoms with Crippen molar-refractivity contribution in [2.24, 2.45) is 0 Å². The number of nitrogens with one attached hydrogen (secondary N) is 2. The second kappa shape index (κ2) is 6.59. The number of nitrogens with zero attached hydrogens (tertiary/aromatic N) is 1. The zero-order chi connectivity index (χ0) is 14.5. The number of benzene rings is 1. The third kappa shape index (κ3) is 3.62. The van der Waals surface area contributed by atoms with E-state index in [0.717, 1.165) is 12.2 Å². The number of pyridine rings is 1. The van der Waals surface area contributed by atoms with Gasteiger partial charge < -0.3 is 10.6 Å². The summed E-state index contributed by atoms with van der Waals surface area (Å²) in [5, 5.41) is 6.72. The van der Waals surface area contributed by atoms with Crippen LogP contribution in [-0.2, 0) is 0 Å². The summed E-state index contributed by atoms with van der Waals surface area (Å²) in [5.74, 6) is -0.325. The first-order valence-corrected chi connectivity index (χ1v) is 6.82. The third-order valence-electron chi connectivity index (χ3n) is 2.55. The van der Waals surface area contributed by atoms with Crippen LogP contribution in [0.2, 0.25) is 10.0 Å². The van der Waals surface area contributed by atoms with E-state index >= 15 is 0 Å². The molecule has 0 aliphatic rings. The van der Waals surface area contributed by atoms with E-state index in [1.54, 1.807) is 36.5 Å². The molecule has 0 fully saturated rings. The smallest absolute Gasteiger partial charge is 0.274 e. The molecule has 2 aromatic rings. The zero-order valence-corrected chi connectivity index (χ0v) is 12.3. The quantitative estimate of drug-likeness (QED) is 0.895. The number of rotatable bonds is 4. The van der Waals surface area contributed by atoms with Crippen LogP contribution in [0.25, 0.3) is 0 Å². The van der Waals surface area contributed by atoms with Gasteiger partial charge in [-0.1, -0.05) is 23.2 Å². The Hall–Kier alpha value is -1.78. The van der Waals surface area contributed by atoms with E-state index in [-0.39, 0.29) is 5.91 Å². The molecule has 6 heteroatoms. The lowest BCUT2D eigenvalue weighted by Crippen LogP contribution is -2.14. The maximum Gasteiger partial charge on any atom is 0.274 e. The van der Waals surface area contributed by atoms with Gasteiger partial charge in [-0.15, -0.1) is 0 Å². The van der Waals surface area contributed by atoms with Crippen molar-refractivity contribution in [3.63, 3.8) is 0 Å². The molecule has 1 amide bonds. The molecular weight excluding hydrogens is 297 g/mol. The lowest BCUT2D eigenvalue weighted by molar-refractivity contribution is 0.102. The second-order valence-electron chi connectivity index (χ2n) is 4.04. The van der Waals surface area contributed by atoms with Crippen molar-refractivity contribution >= 4 is 40.5 Å². The number of hydrogen-bond acceptors (Lipinski definition) is 3. The molecule has 0 aliphatic heterocycles. The summed E-state index contributed by atoms with van der Waals surface area (Å²) in [7, 11) is 0. The van der Waals surface area contributed by atoms with Gasteiger partial charge >= 0.3 is 0 Å². The van der Waals surface area contributed by atoms with Gasteiger partial charge in [0.05, 0.1) is 10.7 Å². The van der Waals surface area contributed by atoms with E-state index in [0.29, 0.717) is 21.4 Å². The van der Waals surface area contributed by atoms with Crippen LogP contribution in [-0.4, -0.2) is 17.4 Å². The van der Waals surface area contributed by atoms with E-state index in [4.69, 9.17) is 23.2 Å². The standard InChI is InChI=1S/C14H13Cl2N3O/c1-2-17-10-5-6-18-13(8-10)14(20)19-12-4-3-9(15)7-11(12)16/h3-8H,2H2,1H3,(H,17,18)(H,19,20). The summed E-state index contributed by atoms with van der Waals surface area (Å²) in [6, 6.07) is 8.36. The summed E-state index contributed by atoms with van der Waals surface area (Å²) < 4.78 is 0. The normalized spacial score (nSPS) is 10.2. The molecule has 0 saturated carbocycles. The Morgan fingerprint density at radius 3 is 2.75 bits per heavy atom. The van der Waals surface area contributed by atoms with Gasteiger partial charge in [-0.3, -0.25) is 9.78 Å². The highest BCUT2D eigenvalue weighted by molar-refractivity contribution is 6.36. The van der Waals surface area contributed by atoms with Crippen molar-refractivity contribution in [2.75, 3.05) is 17.2 Å². The SMILES string of the molecule is CCNc1ccnc(C(=O)Nc2ccc(Cl)cc2Cl)c1. The van der Waals surface area contributed by atoms with Gasteiger partial charge in [-0.25, -0.2) is 0 Å². The molecule has 1 aromatic heterocycles. The fraction of sp³-hybridized carbons (Fsp3) is 0.143. The highest BCUT2D eigenvalue weighted by Crippen LogP contribution is 2.25. The molecule has 2 N–H and O–H groups in total. The molecule has 0 spiro atoms. The Morgan fingerprint density at radius 1 is 1.25 bits per heavy atom. The Kier molecular flexibility index (Phi) is 4.82. The van der Waals surface area contributed by atoms with Gasteiger partial charge in [0, 0.05) is 23.5 Å². The first-order chi connectivity index (χ1) is 9.60. The van der Waals surface area contributed by atoms with Crippen molar-refractivity contribution in [3.8, 4) is 0 Å². The summed E-state index contributed by atoms with van der Waals surface area (Å²) in [6.07, 6.45) is 1.58. The highest BCUT2D eigenvalue weighted by atomic mass is 35.5. The van der Waals surface area contributed by atoms with Gasteiger partial charge in [0.15, 0.2) is 0 Å². The number of carbonyl (C=O) groups is 1. The molecule has 104 valence electrons. The fourth-order valence-corrected chi connectivity index (χ4v) is 2.10. The largest absolute Gasteiger partial charge is 0.385 e. The Bertz CT molecular complexity index is 632. The van der Waals surface area contributed by atoms with Crippen molar-refractivity contribution in [1.29, 1.82) is 0 Å². The summed E-state index contributed by atoms with van der Waals surface area (Å²) in [5.41, 5.74) is 1.65. The summed E-state index contributed by atoms with van der Waals surface area (Å²) in [6.45, 7) is 2.75. The fourth-order valence-electron chi connectivity index (χ4n) is 1.65. The monoisotopic (exact) mass is 309 g/mol. The molecular formula is C14H13Cl2N3O. The molecule has 0 atom stereocenters. The number of aromatic nitrogens is 1. The van der Waals surface area contributed by atoms with E-state index in [2.05, 4.69) is 15.6 Å². The van der Waals surface area contributed by atoms with Crippen LogP contribution in [0.5, 0.6) is 0 Å². The lowest BCUT2D eigenvalue weighted by Gasteiger charge is -2.08. The van der Waals surface area contributed by atoms with Crippen molar-refractivity contribution in [3.05, 3.63) is 52.3 Å². The first-order valence-electron chi connectivity index (χ1n) is 6.06. The minimum absolute atomic E-state index is 0.314. The second-order valence-corrected chi connectivity index (χ2v) is 4.88. The van der Waals surface area contributed by atoms with Crippen LogP contribution in [0.3, 0.4) is 0 Å². The average molecular weight is 310 g/mol. The predicted molar refractivity (Wildman–Crippen MR) is 82.8 cm³/mol. The number of carbonyl (C=O) groups excluding carboxylic acids is 1. The molecule has 1 heterocycles. The minimum atomic E-state index is -0.325. The van der Waals surface area contributed by atoms with Gasteiger partial charge in [-0.05, 0) is 37.3 Å². The molecule has 20 heavy (non-hydrogen) atoms. The van der Waals surface area contributed by atoms with Crippen LogP contribution >= 0.6 is 23.2 Å². The third-order valence-corrected chi connectivity index (χ3v) is 3.10. The van der Waals surface area contributed by atoms with Crippen molar-refractivity contribution < 1.29 is 4.79 Å². The Labute approximate surface area is 127 Å². The molecule has 0 saturated heterocycles. The van der Waals surface area contributed by atoms with Crippen molar-refractivity contribution in [1.82, 2.24) is 4.98 Å². The van der Waals surface area contributed by atoms with Gasteiger partial charge in [0.25, 0.3) is 5.91 Å². The molecule has 0 unspecified atom stereocenters. The van der Waals surface area contributed by atoms with Crippen molar-refractivity contribution in [2.45, 2.75) is 6.92 Å². The first kappa shape index (κ1) is 14.6. The molecule has 1 aromatic carbocycles. The summed E-state index contributed by atoms with van der Waals surface area (Å²) in [4.78, 5) is 16.2. The van der Waals surface area contributed by atoms with Crippen LogP contribution in [0, 0.1) is 0 Å². The lowest BCUT2D eigenvalue weighted by atomic mass is 10.2. The molecule has 0 aliphatic carbocycles. The molecule has 2 rings (SSSR count). The number of halogens is 2. The zero-order valence-electron chi connectivity index (χ0n) is 10.8. The topological polar surface area (TPSA) is 54.0 Å². The summed E-state index contributed by atoms with van der Waals surface area (Å²) >= 11 is 11.8. The average Bonchev–Trinajstić information content (AvgIpc) is 2.42. The number of hydrogen-bond donors (Lipinski definition) is 2. The van der Waals surface area contributed by atoms with Crippen LogP contribution in [0.15, 0.2) is 36.5 Å².